The van der Waals surface area contributed by atoms with Crippen molar-refractivity contribution in [1.82, 2.24) is 15.5 Å². The van der Waals surface area contributed by atoms with Crippen LogP contribution in [0.5, 0.6) is 0 Å². The summed E-state index contributed by atoms with van der Waals surface area (Å²) in [6.07, 6.45) is 2.20. The molecule has 6 nitrogen and oxygen atoms in total. The predicted molar refractivity (Wildman–Crippen MR) is 80.7 cm³/mol. The largest absolute Gasteiger partial charge is 0.342 e. The maximum atomic E-state index is 14.2. The van der Waals surface area contributed by atoms with Crippen molar-refractivity contribution in [2.75, 3.05) is 0 Å². The minimum atomic E-state index is -0.780. The summed E-state index contributed by atoms with van der Waals surface area (Å²) >= 11 is 0. The summed E-state index contributed by atoms with van der Waals surface area (Å²) in [5.74, 6) is -0.147. The fourth-order valence-corrected chi connectivity index (χ4v) is 2.94. The molecule has 3 N–H and O–H groups in total. The molecule has 1 aliphatic carbocycles. The Morgan fingerprint density at radius 2 is 2.22 bits per heavy atom. The second-order valence-electron chi connectivity index (χ2n) is 5.90. The summed E-state index contributed by atoms with van der Waals surface area (Å²) in [6, 6.07) is 5.51. The SMILES string of the molecule is Cc1nc([C@H](NC(=O)[C@@H]2CC[C@H](N)C2)c2ccccc2F)no1. The molecule has 2 aromatic rings. The van der Waals surface area contributed by atoms with Crippen LogP contribution in [-0.4, -0.2) is 22.1 Å². The Labute approximate surface area is 133 Å². The summed E-state index contributed by atoms with van der Waals surface area (Å²) in [6.45, 7) is 1.65. The number of halogens is 1. The minimum Gasteiger partial charge on any atom is -0.342 e. The lowest BCUT2D eigenvalue weighted by atomic mass is 10.0. The van der Waals surface area contributed by atoms with E-state index in [9.17, 15) is 9.18 Å². The monoisotopic (exact) mass is 318 g/mol. The van der Waals surface area contributed by atoms with Gasteiger partial charge < -0.3 is 15.6 Å². The first-order chi connectivity index (χ1) is 11.0. The van der Waals surface area contributed by atoms with Crippen LogP contribution in [0.3, 0.4) is 0 Å². The summed E-state index contributed by atoms with van der Waals surface area (Å²) in [5.41, 5.74) is 6.17. The molecular formula is C16H19FN4O2. The molecule has 3 rings (SSSR count). The molecule has 1 aliphatic rings. The number of amides is 1. The number of hydrogen-bond donors (Lipinski definition) is 2. The maximum absolute atomic E-state index is 14.2. The van der Waals surface area contributed by atoms with E-state index >= 15 is 0 Å². The number of aromatic nitrogens is 2. The second kappa shape index (κ2) is 6.45. The van der Waals surface area contributed by atoms with E-state index in [0.29, 0.717) is 17.9 Å². The molecule has 23 heavy (non-hydrogen) atoms. The highest BCUT2D eigenvalue weighted by Crippen LogP contribution is 2.27. The summed E-state index contributed by atoms with van der Waals surface area (Å²) in [4.78, 5) is 16.6. The fraction of sp³-hybridized carbons (Fsp3) is 0.438. The van der Waals surface area contributed by atoms with Gasteiger partial charge in [-0.3, -0.25) is 4.79 Å². The lowest BCUT2D eigenvalue weighted by Gasteiger charge is -2.19. The number of carbonyl (C=O) groups excluding carboxylic acids is 1. The van der Waals surface area contributed by atoms with Crippen LogP contribution in [0.4, 0.5) is 4.39 Å². The van der Waals surface area contributed by atoms with Gasteiger partial charge in [-0.05, 0) is 25.3 Å². The number of carbonyl (C=O) groups is 1. The topological polar surface area (TPSA) is 94.0 Å². The quantitative estimate of drug-likeness (QED) is 0.897. The summed E-state index contributed by atoms with van der Waals surface area (Å²) in [5, 5.41) is 6.68. The number of rotatable bonds is 4. The van der Waals surface area contributed by atoms with Crippen LogP contribution in [0.15, 0.2) is 28.8 Å². The third-order valence-electron chi connectivity index (χ3n) is 4.15. The van der Waals surface area contributed by atoms with Gasteiger partial charge in [0.25, 0.3) is 0 Å². The molecule has 0 radical (unpaired) electrons. The van der Waals surface area contributed by atoms with Crippen LogP contribution in [0, 0.1) is 18.7 Å². The number of hydrogen-bond acceptors (Lipinski definition) is 5. The number of nitrogens with one attached hydrogen (secondary N) is 1. The van der Waals surface area contributed by atoms with Gasteiger partial charge >= 0.3 is 0 Å². The van der Waals surface area contributed by atoms with Crippen molar-refractivity contribution in [2.45, 2.75) is 38.3 Å². The third kappa shape index (κ3) is 3.39. The highest BCUT2D eigenvalue weighted by Gasteiger charge is 2.31. The zero-order valence-corrected chi connectivity index (χ0v) is 12.8. The Morgan fingerprint density at radius 1 is 1.43 bits per heavy atom. The molecule has 0 spiro atoms. The molecule has 0 bridgehead atoms. The van der Waals surface area contributed by atoms with E-state index in [4.69, 9.17) is 10.3 Å². The Kier molecular flexibility index (Phi) is 4.38. The molecule has 1 fully saturated rings. The minimum absolute atomic E-state index is 0.0464. The Bertz CT molecular complexity index is 703. The van der Waals surface area contributed by atoms with Gasteiger partial charge in [0, 0.05) is 24.4 Å². The molecule has 1 aromatic heterocycles. The lowest BCUT2D eigenvalue weighted by Crippen LogP contribution is -2.35. The first-order valence-corrected chi connectivity index (χ1v) is 7.65. The smallest absolute Gasteiger partial charge is 0.224 e. The number of aryl methyl sites for hydroxylation is 1. The molecular weight excluding hydrogens is 299 g/mol. The van der Waals surface area contributed by atoms with Crippen LogP contribution in [0.2, 0.25) is 0 Å². The molecule has 0 unspecified atom stereocenters. The molecule has 1 amide bonds. The Balaban J connectivity index is 1.87. The molecule has 1 aromatic carbocycles. The number of nitrogens with two attached hydrogens (primary N) is 1. The Morgan fingerprint density at radius 3 is 2.83 bits per heavy atom. The van der Waals surface area contributed by atoms with E-state index in [0.717, 1.165) is 12.8 Å². The van der Waals surface area contributed by atoms with Crippen molar-refractivity contribution < 1.29 is 13.7 Å². The van der Waals surface area contributed by atoms with E-state index in [1.54, 1.807) is 25.1 Å². The number of benzene rings is 1. The van der Waals surface area contributed by atoms with Gasteiger partial charge in [0.15, 0.2) is 5.82 Å². The molecule has 7 heteroatoms. The molecule has 1 heterocycles. The third-order valence-corrected chi connectivity index (χ3v) is 4.15. The van der Waals surface area contributed by atoms with Crippen LogP contribution in [-0.2, 0) is 4.79 Å². The van der Waals surface area contributed by atoms with Gasteiger partial charge in [0.2, 0.25) is 11.8 Å². The fourth-order valence-electron chi connectivity index (χ4n) is 2.94. The van der Waals surface area contributed by atoms with Gasteiger partial charge in [-0.15, -0.1) is 0 Å². The van der Waals surface area contributed by atoms with Gasteiger partial charge in [0.05, 0.1) is 0 Å². The van der Waals surface area contributed by atoms with E-state index in [1.165, 1.54) is 6.07 Å². The lowest BCUT2D eigenvalue weighted by molar-refractivity contribution is -0.125. The zero-order valence-electron chi connectivity index (χ0n) is 12.8. The first-order valence-electron chi connectivity index (χ1n) is 7.65. The van der Waals surface area contributed by atoms with Gasteiger partial charge in [-0.1, -0.05) is 23.4 Å². The highest BCUT2D eigenvalue weighted by atomic mass is 19.1. The zero-order chi connectivity index (χ0) is 16.4. The normalized spacial score (nSPS) is 22.0. The van der Waals surface area contributed by atoms with Gasteiger partial charge in [-0.2, -0.15) is 4.98 Å². The van der Waals surface area contributed by atoms with Crippen molar-refractivity contribution >= 4 is 5.91 Å². The summed E-state index contributed by atoms with van der Waals surface area (Å²) < 4.78 is 19.1. The Hall–Kier alpha value is -2.28. The van der Waals surface area contributed by atoms with Crippen molar-refractivity contribution in [3.05, 3.63) is 47.4 Å². The van der Waals surface area contributed by atoms with Crippen LogP contribution >= 0.6 is 0 Å². The van der Waals surface area contributed by atoms with Gasteiger partial charge in [0.1, 0.15) is 11.9 Å². The second-order valence-corrected chi connectivity index (χ2v) is 5.90. The van der Waals surface area contributed by atoms with Gasteiger partial charge in [-0.25, -0.2) is 4.39 Å². The van der Waals surface area contributed by atoms with E-state index in [1.807, 2.05) is 0 Å². The first kappa shape index (κ1) is 15.6. The van der Waals surface area contributed by atoms with Crippen molar-refractivity contribution in [1.29, 1.82) is 0 Å². The van der Waals surface area contributed by atoms with Crippen LogP contribution < -0.4 is 11.1 Å². The highest BCUT2D eigenvalue weighted by molar-refractivity contribution is 5.79. The standard InChI is InChI=1S/C16H19FN4O2/c1-9-19-15(21-23-9)14(12-4-2-3-5-13(12)17)20-16(22)10-6-7-11(18)8-10/h2-5,10-11,14H,6-8,18H2,1H3,(H,20,22)/t10-,11+,14-/m1/s1. The van der Waals surface area contributed by atoms with Crippen molar-refractivity contribution in [3.63, 3.8) is 0 Å². The molecule has 0 saturated heterocycles. The van der Waals surface area contributed by atoms with Crippen molar-refractivity contribution in [3.8, 4) is 0 Å². The van der Waals surface area contributed by atoms with Crippen LogP contribution in [0.25, 0.3) is 0 Å². The summed E-state index contributed by atoms with van der Waals surface area (Å²) in [7, 11) is 0. The average molecular weight is 318 g/mol. The van der Waals surface area contributed by atoms with E-state index < -0.39 is 11.9 Å². The maximum Gasteiger partial charge on any atom is 0.224 e. The molecule has 1 saturated carbocycles. The van der Waals surface area contributed by atoms with E-state index in [-0.39, 0.29) is 23.7 Å². The molecule has 3 atom stereocenters. The average Bonchev–Trinajstić information content (AvgIpc) is 3.14. The van der Waals surface area contributed by atoms with Crippen LogP contribution in [0.1, 0.15) is 42.6 Å². The number of nitrogens with zero attached hydrogens (tertiary/aromatic N) is 2. The molecule has 0 aliphatic heterocycles. The molecule has 122 valence electrons. The predicted octanol–water partition coefficient (Wildman–Crippen LogP) is 1.85. The van der Waals surface area contributed by atoms with Crippen molar-refractivity contribution in [2.24, 2.45) is 11.7 Å². The van der Waals surface area contributed by atoms with E-state index in [2.05, 4.69) is 15.5 Å².